The molecule has 2 N–H and O–H groups in total. The van der Waals surface area contributed by atoms with Gasteiger partial charge >= 0.3 is 12.0 Å². The number of benzene rings is 1. The van der Waals surface area contributed by atoms with Gasteiger partial charge in [0.1, 0.15) is 18.1 Å². The number of nitrogens with zero attached hydrogens (tertiary/aromatic N) is 1. The van der Waals surface area contributed by atoms with Gasteiger partial charge < -0.3 is 15.4 Å². The van der Waals surface area contributed by atoms with Gasteiger partial charge in [-0.3, -0.25) is 14.5 Å². The molecular weight excluding hydrogens is 362 g/mol. The van der Waals surface area contributed by atoms with Crippen molar-refractivity contribution in [2.45, 2.75) is 44.7 Å². The number of ether oxygens (including phenoxy) is 1. The smallest absolute Gasteiger partial charge is 0.328 e. The summed E-state index contributed by atoms with van der Waals surface area (Å²) in [5, 5.41) is 5.35. The van der Waals surface area contributed by atoms with Gasteiger partial charge in [-0.05, 0) is 36.3 Å². The van der Waals surface area contributed by atoms with Gasteiger partial charge in [-0.15, -0.1) is 0 Å². The summed E-state index contributed by atoms with van der Waals surface area (Å²) in [4.78, 5) is 50.8. The highest BCUT2D eigenvalue weighted by molar-refractivity contribution is 6.10. The van der Waals surface area contributed by atoms with Crippen molar-refractivity contribution >= 4 is 23.8 Å². The van der Waals surface area contributed by atoms with Crippen LogP contribution in [0.1, 0.15) is 37.8 Å². The third kappa shape index (κ3) is 3.46. The minimum atomic E-state index is -1.10. The third-order valence-electron chi connectivity index (χ3n) is 5.25. The Morgan fingerprint density at radius 1 is 1.29 bits per heavy atom. The maximum absolute atomic E-state index is 13.1. The molecule has 1 aliphatic carbocycles. The fourth-order valence-corrected chi connectivity index (χ4v) is 3.94. The Balaban J connectivity index is 1.73. The molecule has 4 amide bonds. The summed E-state index contributed by atoms with van der Waals surface area (Å²) in [6.45, 7) is 3.39. The first kappa shape index (κ1) is 19.9. The van der Waals surface area contributed by atoms with E-state index in [1.807, 2.05) is 38.1 Å². The fourth-order valence-electron chi connectivity index (χ4n) is 3.94. The molecule has 150 valence electrons. The molecule has 1 aliphatic heterocycles. The fraction of sp³-hybridized carbons (Fsp3) is 0.500. The average molecular weight is 387 g/mol. The number of fused-ring (bicyclic) bond motifs is 2. The molecule has 28 heavy (non-hydrogen) atoms. The van der Waals surface area contributed by atoms with Gasteiger partial charge in [0.15, 0.2) is 0 Å². The highest BCUT2D eigenvalue weighted by atomic mass is 16.5. The van der Waals surface area contributed by atoms with Gasteiger partial charge in [0.2, 0.25) is 5.91 Å². The van der Waals surface area contributed by atoms with Gasteiger partial charge in [-0.25, -0.2) is 9.59 Å². The van der Waals surface area contributed by atoms with E-state index < -0.39 is 41.9 Å². The van der Waals surface area contributed by atoms with E-state index >= 15 is 0 Å². The molecule has 1 heterocycles. The van der Waals surface area contributed by atoms with E-state index in [4.69, 9.17) is 4.74 Å². The predicted molar refractivity (Wildman–Crippen MR) is 100 cm³/mol. The zero-order chi connectivity index (χ0) is 20.5. The summed E-state index contributed by atoms with van der Waals surface area (Å²) in [7, 11) is 1.25. The topological polar surface area (TPSA) is 105 Å². The van der Waals surface area contributed by atoms with E-state index in [0.29, 0.717) is 19.3 Å². The highest BCUT2D eigenvalue weighted by Gasteiger charge is 2.55. The quantitative estimate of drug-likeness (QED) is 0.561. The largest absolute Gasteiger partial charge is 0.467 e. The van der Waals surface area contributed by atoms with E-state index in [1.54, 1.807) is 0 Å². The van der Waals surface area contributed by atoms with Crippen LogP contribution < -0.4 is 10.6 Å². The number of carbonyl (C=O) groups excluding carboxylic acids is 4. The molecule has 3 rings (SSSR count). The predicted octanol–water partition coefficient (Wildman–Crippen LogP) is 1.08. The SMILES string of the molecule is COC(=O)[C@@H](CC(C)C)NC(=O)CN1C(=O)N[C@@]2(CCc3ccccc32)C1=O. The molecule has 1 fully saturated rings. The molecule has 2 atom stereocenters. The standard InChI is InChI=1S/C20H25N3O5/c1-12(2)10-15(17(25)28-3)21-16(24)11-23-18(26)20(22-19(23)27)9-8-13-6-4-5-7-14(13)20/h4-7,12,15H,8-11H2,1-3H3,(H,21,24)(H,22,27)/t15-,20-/m1/s1. The number of imide groups is 1. The summed E-state index contributed by atoms with van der Waals surface area (Å²) in [6, 6.07) is 6.07. The first-order valence-electron chi connectivity index (χ1n) is 9.38. The molecule has 0 saturated carbocycles. The number of hydrogen-bond donors (Lipinski definition) is 2. The second-order valence-corrected chi connectivity index (χ2v) is 7.66. The molecule has 0 bridgehead atoms. The van der Waals surface area contributed by atoms with Crippen molar-refractivity contribution in [2.75, 3.05) is 13.7 Å². The van der Waals surface area contributed by atoms with Crippen LogP contribution in [0.2, 0.25) is 0 Å². The molecule has 1 aromatic carbocycles. The number of nitrogens with one attached hydrogen (secondary N) is 2. The van der Waals surface area contributed by atoms with Crippen molar-refractivity contribution in [1.82, 2.24) is 15.5 Å². The molecular formula is C20H25N3O5. The minimum Gasteiger partial charge on any atom is -0.467 e. The monoisotopic (exact) mass is 387 g/mol. The lowest BCUT2D eigenvalue weighted by molar-refractivity contribution is -0.145. The van der Waals surface area contributed by atoms with Gasteiger partial charge in [0.25, 0.3) is 5.91 Å². The summed E-state index contributed by atoms with van der Waals surface area (Å²) >= 11 is 0. The molecule has 8 heteroatoms. The molecule has 1 saturated heterocycles. The van der Waals surface area contributed by atoms with E-state index in [2.05, 4.69) is 10.6 Å². The number of methoxy groups -OCH3 is 1. The Kier molecular flexibility index (Phi) is 5.40. The number of rotatable bonds is 6. The maximum Gasteiger partial charge on any atom is 0.328 e. The second-order valence-electron chi connectivity index (χ2n) is 7.66. The molecule has 8 nitrogen and oxygen atoms in total. The summed E-state index contributed by atoms with van der Waals surface area (Å²) in [5.41, 5.74) is 0.696. The van der Waals surface area contributed by atoms with Crippen LogP contribution in [0.4, 0.5) is 4.79 Å². The first-order valence-corrected chi connectivity index (χ1v) is 9.38. The number of urea groups is 1. The average Bonchev–Trinajstić information content (AvgIpc) is 3.14. The van der Waals surface area contributed by atoms with Crippen molar-refractivity contribution < 1.29 is 23.9 Å². The Hall–Kier alpha value is -2.90. The van der Waals surface area contributed by atoms with E-state index in [-0.39, 0.29) is 5.92 Å². The van der Waals surface area contributed by atoms with Crippen LogP contribution in [0, 0.1) is 5.92 Å². The van der Waals surface area contributed by atoms with Gasteiger partial charge in [0.05, 0.1) is 7.11 Å². The van der Waals surface area contributed by atoms with E-state index in [0.717, 1.165) is 16.0 Å². The number of carbonyl (C=O) groups is 4. The summed E-state index contributed by atoms with van der Waals surface area (Å²) < 4.78 is 4.73. The van der Waals surface area contributed by atoms with Crippen molar-refractivity contribution in [1.29, 1.82) is 0 Å². The normalized spacial score (nSPS) is 21.6. The van der Waals surface area contributed by atoms with Crippen LogP contribution in [0.15, 0.2) is 24.3 Å². The van der Waals surface area contributed by atoms with Crippen molar-refractivity contribution in [3.63, 3.8) is 0 Å². The Labute approximate surface area is 163 Å². The highest BCUT2D eigenvalue weighted by Crippen LogP contribution is 2.41. The van der Waals surface area contributed by atoms with Crippen LogP contribution >= 0.6 is 0 Å². The zero-order valence-electron chi connectivity index (χ0n) is 16.3. The summed E-state index contributed by atoms with van der Waals surface area (Å²) in [6.07, 6.45) is 1.55. The van der Waals surface area contributed by atoms with Gasteiger partial charge in [-0.1, -0.05) is 38.1 Å². The number of amides is 4. The molecule has 0 radical (unpaired) electrons. The third-order valence-corrected chi connectivity index (χ3v) is 5.25. The van der Waals surface area contributed by atoms with E-state index in [1.165, 1.54) is 7.11 Å². The van der Waals surface area contributed by atoms with Crippen molar-refractivity contribution in [2.24, 2.45) is 5.92 Å². The van der Waals surface area contributed by atoms with E-state index in [9.17, 15) is 19.2 Å². The minimum absolute atomic E-state index is 0.152. The Morgan fingerprint density at radius 2 is 2.00 bits per heavy atom. The molecule has 1 aromatic rings. The van der Waals surface area contributed by atoms with Crippen molar-refractivity contribution in [3.05, 3.63) is 35.4 Å². The Bertz CT molecular complexity index is 822. The number of aryl methyl sites for hydroxylation is 1. The number of hydrogen-bond acceptors (Lipinski definition) is 5. The first-order chi connectivity index (χ1) is 13.3. The maximum atomic E-state index is 13.1. The van der Waals surface area contributed by atoms with Crippen LogP contribution in [0.3, 0.4) is 0 Å². The Morgan fingerprint density at radius 3 is 2.68 bits per heavy atom. The lowest BCUT2D eigenvalue weighted by atomic mass is 9.92. The van der Waals surface area contributed by atoms with Crippen LogP contribution in [-0.4, -0.2) is 48.4 Å². The zero-order valence-corrected chi connectivity index (χ0v) is 16.3. The molecule has 1 spiro atoms. The summed E-state index contributed by atoms with van der Waals surface area (Å²) in [5.74, 6) is -1.42. The molecule has 0 aromatic heterocycles. The molecule has 2 aliphatic rings. The second kappa shape index (κ2) is 7.61. The lowest BCUT2D eigenvalue weighted by Gasteiger charge is -2.23. The van der Waals surface area contributed by atoms with Crippen LogP contribution in [-0.2, 0) is 31.1 Å². The lowest BCUT2D eigenvalue weighted by Crippen LogP contribution is -2.48. The number of esters is 1. The van der Waals surface area contributed by atoms with Gasteiger partial charge in [0, 0.05) is 0 Å². The van der Waals surface area contributed by atoms with Crippen LogP contribution in [0.5, 0.6) is 0 Å². The van der Waals surface area contributed by atoms with Crippen LogP contribution in [0.25, 0.3) is 0 Å². The van der Waals surface area contributed by atoms with Crippen molar-refractivity contribution in [3.8, 4) is 0 Å². The molecule has 0 unspecified atom stereocenters. The van der Waals surface area contributed by atoms with Gasteiger partial charge in [-0.2, -0.15) is 0 Å².